The predicted molar refractivity (Wildman–Crippen MR) is 114 cm³/mol. The van der Waals surface area contributed by atoms with Crippen molar-refractivity contribution in [2.75, 3.05) is 13.1 Å². The van der Waals surface area contributed by atoms with Crippen LogP contribution in [-0.4, -0.2) is 38.7 Å². The maximum absolute atomic E-state index is 12.1. The number of nitrogens with one attached hydrogen (secondary N) is 1. The van der Waals surface area contributed by atoms with Crippen molar-refractivity contribution in [1.29, 1.82) is 0 Å². The number of carbonyl (C=O) groups excluding carboxylic acids is 1. The molecule has 1 unspecified atom stereocenters. The average molecular weight is 392 g/mol. The van der Waals surface area contributed by atoms with Crippen molar-refractivity contribution < 1.29 is 4.79 Å². The second-order valence-electron chi connectivity index (χ2n) is 8.18. The van der Waals surface area contributed by atoms with Gasteiger partial charge in [-0.15, -0.1) is 10.2 Å². The van der Waals surface area contributed by atoms with Gasteiger partial charge in [0.15, 0.2) is 5.82 Å². The monoisotopic (exact) mass is 391 g/mol. The first-order valence-corrected chi connectivity index (χ1v) is 10.4. The van der Waals surface area contributed by atoms with Gasteiger partial charge in [0.2, 0.25) is 5.91 Å². The van der Waals surface area contributed by atoms with E-state index in [0.29, 0.717) is 0 Å². The molecule has 152 valence electrons. The van der Waals surface area contributed by atoms with E-state index in [4.69, 9.17) is 0 Å². The van der Waals surface area contributed by atoms with Crippen molar-refractivity contribution in [2.24, 2.45) is 5.92 Å². The number of amides is 1. The first kappa shape index (κ1) is 19.6. The Morgan fingerprint density at radius 1 is 1.03 bits per heavy atom. The maximum Gasteiger partial charge on any atom is 0.223 e. The average Bonchev–Trinajstić information content (AvgIpc) is 3.03. The van der Waals surface area contributed by atoms with Gasteiger partial charge in [-0.3, -0.25) is 9.69 Å². The van der Waals surface area contributed by atoms with Crippen LogP contribution in [0.25, 0.3) is 10.8 Å². The third-order valence-corrected chi connectivity index (χ3v) is 5.69. The first-order valence-electron chi connectivity index (χ1n) is 10.4. The third kappa shape index (κ3) is 4.17. The molecule has 0 spiro atoms. The molecule has 6 nitrogen and oxygen atoms in total. The smallest absolute Gasteiger partial charge is 0.223 e. The summed E-state index contributed by atoms with van der Waals surface area (Å²) in [7, 11) is 0. The molecule has 0 radical (unpaired) electrons. The Kier molecular flexibility index (Phi) is 5.62. The summed E-state index contributed by atoms with van der Waals surface area (Å²) in [4.78, 5) is 14.6. The van der Waals surface area contributed by atoms with Crippen LogP contribution < -0.4 is 5.32 Å². The summed E-state index contributed by atoms with van der Waals surface area (Å²) in [6, 6.07) is 15.0. The number of aromatic nitrogens is 3. The van der Waals surface area contributed by atoms with E-state index >= 15 is 0 Å². The molecule has 0 fully saturated rings. The molecule has 0 saturated carbocycles. The Labute approximate surface area is 171 Å². The number of fused-ring (bicyclic) bond motifs is 2. The van der Waals surface area contributed by atoms with E-state index in [1.165, 1.54) is 16.3 Å². The predicted octanol–water partition coefficient (Wildman–Crippen LogP) is 3.32. The van der Waals surface area contributed by atoms with E-state index < -0.39 is 0 Å². The van der Waals surface area contributed by atoms with Crippen molar-refractivity contribution in [3.05, 3.63) is 59.7 Å². The summed E-state index contributed by atoms with van der Waals surface area (Å²) in [5, 5.41) is 14.5. The zero-order valence-electron chi connectivity index (χ0n) is 17.4. The number of hydrogen-bond acceptors (Lipinski definition) is 4. The standard InChI is InChI=1S/C23H29N5O/c1-16(2)23(29)24-17(3)22-26-25-21-11-12-27(13-14-28(21)22)15-19-9-6-8-18-7-4-5-10-20(18)19/h4-10,16-17H,11-15H2,1-3H3,(H,24,29). The van der Waals surface area contributed by atoms with Gasteiger partial charge in [-0.25, -0.2) is 0 Å². The van der Waals surface area contributed by atoms with Crippen LogP contribution in [0.5, 0.6) is 0 Å². The molecule has 4 rings (SSSR count). The quantitative estimate of drug-likeness (QED) is 0.725. The highest BCUT2D eigenvalue weighted by Crippen LogP contribution is 2.22. The fourth-order valence-corrected chi connectivity index (χ4v) is 3.98. The molecule has 29 heavy (non-hydrogen) atoms. The summed E-state index contributed by atoms with van der Waals surface area (Å²) in [6.45, 7) is 9.44. The first-order chi connectivity index (χ1) is 14.0. The molecule has 1 N–H and O–H groups in total. The molecule has 0 bridgehead atoms. The summed E-state index contributed by atoms with van der Waals surface area (Å²) >= 11 is 0. The van der Waals surface area contributed by atoms with Gasteiger partial charge in [-0.1, -0.05) is 56.3 Å². The minimum atomic E-state index is -0.143. The molecule has 1 amide bonds. The highest BCUT2D eigenvalue weighted by molar-refractivity contribution is 5.85. The normalized spacial score (nSPS) is 15.9. The van der Waals surface area contributed by atoms with Crippen molar-refractivity contribution >= 4 is 16.7 Å². The number of hydrogen-bond donors (Lipinski definition) is 1. The van der Waals surface area contributed by atoms with Gasteiger partial charge in [-0.05, 0) is 23.3 Å². The zero-order valence-corrected chi connectivity index (χ0v) is 17.4. The minimum absolute atomic E-state index is 0.0415. The van der Waals surface area contributed by atoms with E-state index in [-0.39, 0.29) is 17.9 Å². The molecule has 1 aromatic heterocycles. The van der Waals surface area contributed by atoms with Gasteiger partial charge in [0, 0.05) is 38.5 Å². The minimum Gasteiger partial charge on any atom is -0.346 e. The number of rotatable bonds is 5. The van der Waals surface area contributed by atoms with Gasteiger partial charge in [-0.2, -0.15) is 0 Å². The molecule has 6 heteroatoms. The molecule has 0 aliphatic carbocycles. The van der Waals surface area contributed by atoms with E-state index in [0.717, 1.165) is 44.2 Å². The highest BCUT2D eigenvalue weighted by Gasteiger charge is 2.23. The molecular weight excluding hydrogens is 362 g/mol. The Balaban J connectivity index is 1.47. The summed E-state index contributed by atoms with van der Waals surface area (Å²) < 4.78 is 2.19. The van der Waals surface area contributed by atoms with Crippen molar-refractivity contribution in [3.8, 4) is 0 Å². The van der Waals surface area contributed by atoms with Crippen molar-refractivity contribution in [2.45, 2.75) is 46.3 Å². The molecular formula is C23H29N5O. The number of nitrogens with zero attached hydrogens (tertiary/aromatic N) is 4. The lowest BCUT2D eigenvalue weighted by molar-refractivity contribution is -0.124. The largest absolute Gasteiger partial charge is 0.346 e. The van der Waals surface area contributed by atoms with Crippen molar-refractivity contribution in [3.63, 3.8) is 0 Å². The van der Waals surface area contributed by atoms with Crippen LogP contribution in [0.1, 0.15) is 44.0 Å². The van der Waals surface area contributed by atoms with Gasteiger partial charge >= 0.3 is 0 Å². The lowest BCUT2D eigenvalue weighted by Crippen LogP contribution is -2.32. The number of benzene rings is 2. The van der Waals surface area contributed by atoms with Gasteiger partial charge < -0.3 is 9.88 Å². The SMILES string of the molecule is CC(C)C(=O)NC(C)c1nnc2n1CCN(Cc1cccc3ccccc13)CC2. The summed E-state index contributed by atoms with van der Waals surface area (Å²) in [5.74, 6) is 1.85. The molecule has 2 heterocycles. The second-order valence-corrected chi connectivity index (χ2v) is 8.18. The second kappa shape index (κ2) is 8.33. The Hall–Kier alpha value is -2.73. The molecule has 1 aliphatic heterocycles. The Morgan fingerprint density at radius 3 is 2.66 bits per heavy atom. The molecule has 0 saturated heterocycles. The highest BCUT2D eigenvalue weighted by atomic mass is 16.1. The Morgan fingerprint density at radius 2 is 1.83 bits per heavy atom. The van der Waals surface area contributed by atoms with Crippen LogP contribution in [0.3, 0.4) is 0 Å². The maximum atomic E-state index is 12.1. The number of carbonyl (C=O) groups is 1. The zero-order chi connectivity index (χ0) is 20.4. The summed E-state index contributed by atoms with van der Waals surface area (Å²) in [6.07, 6.45) is 0.864. The van der Waals surface area contributed by atoms with E-state index in [9.17, 15) is 4.79 Å². The molecule has 1 atom stereocenters. The van der Waals surface area contributed by atoms with Crippen LogP contribution in [0.2, 0.25) is 0 Å². The fourth-order valence-electron chi connectivity index (χ4n) is 3.98. The van der Waals surface area contributed by atoms with Gasteiger partial charge in [0.1, 0.15) is 5.82 Å². The lowest BCUT2D eigenvalue weighted by Gasteiger charge is -2.21. The lowest BCUT2D eigenvalue weighted by atomic mass is 10.0. The van der Waals surface area contributed by atoms with Crippen molar-refractivity contribution in [1.82, 2.24) is 25.0 Å². The van der Waals surface area contributed by atoms with Crippen LogP contribution in [-0.2, 0) is 24.3 Å². The van der Waals surface area contributed by atoms with Gasteiger partial charge in [0.05, 0.1) is 6.04 Å². The Bertz CT molecular complexity index is 1000. The van der Waals surface area contributed by atoms with Crippen LogP contribution in [0.15, 0.2) is 42.5 Å². The van der Waals surface area contributed by atoms with Crippen LogP contribution >= 0.6 is 0 Å². The van der Waals surface area contributed by atoms with E-state index in [2.05, 4.69) is 67.4 Å². The van der Waals surface area contributed by atoms with Gasteiger partial charge in [0.25, 0.3) is 0 Å². The molecule has 2 aromatic carbocycles. The summed E-state index contributed by atoms with van der Waals surface area (Å²) in [5.41, 5.74) is 1.36. The fraction of sp³-hybridized carbons (Fsp3) is 0.435. The van der Waals surface area contributed by atoms with Crippen LogP contribution in [0.4, 0.5) is 0 Å². The molecule has 3 aromatic rings. The van der Waals surface area contributed by atoms with Crippen LogP contribution in [0, 0.1) is 5.92 Å². The third-order valence-electron chi connectivity index (χ3n) is 5.69. The molecule has 1 aliphatic rings. The van der Waals surface area contributed by atoms with E-state index in [1.807, 2.05) is 20.8 Å². The van der Waals surface area contributed by atoms with E-state index in [1.54, 1.807) is 0 Å². The topological polar surface area (TPSA) is 63.1 Å².